The van der Waals surface area contributed by atoms with E-state index in [1.54, 1.807) is 0 Å². The normalized spacial score (nSPS) is 11.8. The summed E-state index contributed by atoms with van der Waals surface area (Å²) in [5.41, 5.74) is 0.102. The van der Waals surface area contributed by atoms with Gasteiger partial charge in [-0.15, -0.1) is 6.42 Å². The van der Waals surface area contributed by atoms with Crippen LogP contribution in [0.15, 0.2) is 16.5 Å². The van der Waals surface area contributed by atoms with Crippen LogP contribution in [0, 0.1) is 12.3 Å². The minimum Gasteiger partial charge on any atom is -0.463 e. The highest BCUT2D eigenvalue weighted by atomic mass is 16.3. The number of furan rings is 1. The van der Waals surface area contributed by atoms with Gasteiger partial charge in [0.2, 0.25) is 0 Å². The second kappa shape index (κ2) is 7.37. The Hall–Kier alpha value is -1.24. The van der Waals surface area contributed by atoms with Gasteiger partial charge in [-0.1, -0.05) is 12.8 Å². The molecule has 3 nitrogen and oxygen atoms in total. The smallest absolute Gasteiger partial charge is 0.118 e. The van der Waals surface area contributed by atoms with Crippen LogP contribution in [0.1, 0.15) is 45.6 Å². The van der Waals surface area contributed by atoms with Gasteiger partial charge in [0.05, 0.1) is 19.6 Å². The predicted octanol–water partition coefficient (Wildman–Crippen LogP) is 3.01. The fourth-order valence-electron chi connectivity index (χ4n) is 1.83. The Kier molecular flexibility index (Phi) is 6.14. The second-order valence-corrected chi connectivity index (χ2v) is 5.89. The van der Waals surface area contributed by atoms with Gasteiger partial charge in [-0.2, -0.15) is 0 Å². The Labute approximate surface area is 117 Å². The molecular weight excluding hydrogens is 236 g/mol. The fourth-order valence-corrected chi connectivity index (χ4v) is 1.83. The van der Waals surface area contributed by atoms with E-state index in [2.05, 4.69) is 43.8 Å². The summed E-state index contributed by atoms with van der Waals surface area (Å²) in [5, 5.41) is 3.42. The van der Waals surface area contributed by atoms with E-state index in [0.29, 0.717) is 6.54 Å². The maximum absolute atomic E-state index is 5.83. The third kappa shape index (κ3) is 6.47. The van der Waals surface area contributed by atoms with E-state index in [4.69, 9.17) is 10.8 Å². The molecule has 1 aromatic rings. The summed E-state index contributed by atoms with van der Waals surface area (Å²) in [6.07, 6.45) is 6.48. The van der Waals surface area contributed by atoms with Crippen molar-refractivity contribution < 1.29 is 4.42 Å². The quantitative estimate of drug-likeness (QED) is 0.766. The average molecular weight is 262 g/mol. The van der Waals surface area contributed by atoms with Crippen molar-refractivity contribution in [1.29, 1.82) is 0 Å². The molecule has 0 bridgehead atoms. The zero-order valence-electron chi connectivity index (χ0n) is 12.6. The van der Waals surface area contributed by atoms with Crippen molar-refractivity contribution in [1.82, 2.24) is 10.2 Å². The molecule has 0 aliphatic rings. The summed E-state index contributed by atoms with van der Waals surface area (Å²) in [6.45, 7) is 11.8. The zero-order valence-corrected chi connectivity index (χ0v) is 12.6. The van der Waals surface area contributed by atoms with Gasteiger partial charge < -0.3 is 9.73 Å². The first-order valence-corrected chi connectivity index (χ1v) is 6.93. The second-order valence-electron chi connectivity index (χ2n) is 5.89. The summed E-state index contributed by atoms with van der Waals surface area (Å²) in [6, 6.07) is 4.08. The molecule has 0 unspecified atom stereocenters. The van der Waals surface area contributed by atoms with Crippen LogP contribution in [0.5, 0.6) is 0 Å². The van der Waals surface area contributed by atoms with E-state index in [1.165, 1.54) is 0 Å². The predicted molar refractivity (Wildman–Crippen MR) is 79.7 cm³/mol. The third-order valence-corrected chi connectivity index (χ3v) is 2.74. The van der Waals surface area contributed by atoms with E-state index in [9.17, 15) is 0 Å². The number of nitrogens with zero attached hydrogens (tertiary/aromatic N) is 1. The molecular formula is C16H26N2O. The molecule has 0 amide bonds. The maximum Gasteiger partial charge on any atom is 0.118 e. The first kappa shape index (κ1) is 15.8. The van der Waals surface area contributed by atoms with Gasteiger partial charge in [0, 0.05) is 5.54 Å². The lowest BCUT2D eigenvalue weighted by molar-refractivity contribution is 0.266. The molecule has 0 saturated carbocycles. The van der Waals surface area contributed by atoms with Crippen LogP contribution in [0.3, 0.4) is 0 Å². The van der Waals surface area contributed by atoms with Crippen molar-refractivity contribution in [3.63, 3.8) is 0 Å². The minimum atomic E-state index is 0.102. The number of rotatable bonds is 7. The van der Waals surface area contributed by atoms with Gasteiger partial charge in [0.1, 0.15) is 11.5 Å². The lowest BCUT2D eigenvalue weighted by Crippen LogP contribution is -2.34. The highest BCUT2D eigenvalue weighted by molar-refractivity contribution is 5.08. The topological polar surface area (TPSA) is 28.4 Å². The van der Waals surface area contributed by atoms with Gasteiger partial charge in [0.15, 0.2) is 0 Å². The summed E-state index contributed by atoms with van der Waals surface area (Å²) >= 11 is 0. The lowest BCUT2D eigenvalue weighted by Gasteiger charge is -2.19. The Morgan fingerprint density at radius 1 is 1.32 bits per heavy atom. The van der Waals surface area contributed by atoms with E-state index in [-0.39, 0.29) is 5.54 Å². The molecule has 106 valence electrons. The van der Waals surface area contributed by atoms with Gasteiger partial charge in [-0.3, -0.25) is 4.90 Å². The SMILES string of the molecule is C#CCN(CCC)Cc1ccc(CNC(C)(C)C)o1. The molecule has 0 aliphatic heterocycles. The first-order valence-electron chi connectivity index (χ1n) is 6.93. The van der Waals surface area contributed by atoms with Crippen LogP contribution in [-0.2, 0) is 13.1 Å². The molecule has 0 aliphatic carbocycles. The monoisotopic (exact) mass is 262 g/mol. The van der Waals surface area contributed by atoms with Crippen LogP contribution >= 0.6 is 0 Å². The van der Waals surface area contributed by atoms with Crippen LogP contribution in [0.25, 0.3) is 0 Å². The number of nitrogens with one attached hydrogen (secondary N) is 1. The van der Waals surface area contributed by atoms with E-state index < -0.39 is 0 Å². The Bertz CT molecular complexity index is 409. The molecule has 1 heterocycles. The van der Waals surface area contributed by atoms with Crippen molar-refractivity contribution >= 4 is 0 Å². The van der Waals surface area contributed by atoms with Gasteiger partial charge in [-0.25, -0.2) is 0 Å². The van der Waals surface area contributed by atoms with Crippen molar-refractivity contribution in [3.8, 4) is 12.3 Å². The van der Waals surface area contributed by atoms with Crippen molar-refractivity contribution in [2.75, 3.05) is 13.1 Å². The van der Waals surface area contributed by atoms with Crippen LogP contribution in [-0.4, -0.2) is 23.5 Å². The van der Waals surface area contributed by atoms with Crippen LogP contribution in [0.4, 0.5) is 0 Å². The summed E-state index contributed by atoms with van der Waals surface area (Å²) in [4.78, 5) is 2.22. The fraction of sp³-hybridized carbons (Fsp3) is 0.625. The standard InChI is InChI=1S/C16H26N2O/c1-6-10-18(11-7-2)13-15-9-8-14(19-15)12-17-16(3,4)5/h1,8-9,17H,7,10-13H2,2-5H3. The average Bonchev–Trinajstić information content (AvgIpc) is 2.74. The number of hydrogen-bond acceptors (Lipinski definition) is 3. The molecule has 1 aromatic heterocycles. The molecule has 1 N–H and O–H groups in total. The highest BCUT2D eigenvalue weighted by Gasteiger charge is 2.11. The van der Waals surface area contributed by atoms with Crippen LogP contribution < -0.4 is 5.32 Å². The molecule has 1 rings (SSSR count). The van der Waals surface area contributed by atoms with Crippen molar-refractivity contribution in [2.24, 2.45) is 0 Å². The number of hydrogen-bond donors (Lipinski definition) is 1. The van der Waals surface area contributed by atoms with Gasteiger partial charge >= 0.3 is 0 Å². The molecule has 0 radical (unpaired) electrons. The molecule has 0 saturated heterocycles. The largest absolute Gasteiger partial charge is 0.463 e. The molecule has 3 heteroatoms. The third-order valence-electron chi connectivity index (χ3n) is 2.74. The Morgan fingerprint density at radius 3 is 2.58 bits per heavy atom. The maximum atomic E-state index is 5.83. The van der Waals surface area contributed by atoms with Crippen LogP contribution in [0.2, 0.25) is 0 Å². The van der Waals surface area contributed by atoms with E-state index in [0.717, 1.165) is 37.6 Å². The van der Waals surface area contributed by atoms with Gasteiger partial charge in [-0.05, 0) is 45.9 Å². The van der Waals surface area contributed by atoms with E-state index in [1.807, 2.05) is 12.1 Å². The highest BCUT2D eigenvalue weighted by Crippen LogP contribution is 2.12. The summed E-state index contributed by atoms with van der Waals surface area (Å²) < 4.78 is 5.83. The molecule has 0 spiro atoms. The van der Waals surface area contributed by atoms with Crippen molar-refractivity contribution in [3.05, 3.63) is 23.7 Å². The molecule has 0 fully saturated rings. The Morgan fingerprint density at radius 2 is 2.00 bits per heavy atom. The first-order chi connectivity index (χ1) is 8.94. The molecule has 0 aromatic carbocycles. The summed E-state index contributed by atoms with van der Waals surface area (Å²) in [5.74, 6) is 4.65. The molecule has 19 heavy (non-hydrogen) atoms. The zero-order chi connectivity index (χ0) is 14.3. The number of terminal acetylenes is 1. The Balaban J connectivity index is 2.51. The van der Waals surface area contributed by atoms with E-state index >= 15 is 0 Å². The minimum absolute atomic E-state index is 0.102. The van der Waals surface area contributed by atoms with Crippen molar-refractivity contribution in [2.45, 2.75) is 52.7 Å². The van der Waals surface area contributed by atoms with Gasteiger partial charge in [0.25, 0.3) is 0 Å². The molecule has 0 atom stereocenters. The summed E-state index contributed by atoms with van der Waals surface area (Å²) in [7, 11) is 0. The lowest BCUT2D eigenvalue weighted by atomic mass is 10.1.